The van der Waals surface area contributed by atoms with Crippen LogP contribution in [0.2, 0.25) is 0 Å². The number of rotatable bonds is 5. The van der Waals surface area contributed by atoms with Crippen molar-refractivity contribution in [2.75, 3.05) is 7.05 Å². The van der Waals surface area contributed by atoms with Crippen LogP contribution in [0.15, 0.2) is 11.4 Å². The Balaban J connectivity index is 2.97. The fraction of sp³-hybridized carbons (Fsp3) is 0.500. The molecule has 0 radical (unpaired) electrons. The van der Waals surface area contributed by atoms with E-state index in [0.717, 1.165) is 11.3 Å². The molecule has 1 aromatic heterocycles. The molecule has 0 saturated carbocycles. The minimum absolute atomic E-state index is 0.131. The molecule has 7 nitrogen and oxygen atoms in total. The molecule has 1 amide bonds. The molecule has 7 heteroatoms. The summed E-state index contributed by atoms with van der Waals surface area (Å²) in [4.78, 5) is 10.4. The third-order valence-corrected chi connectivity index (χ3v) is 2.62. The van der Waals surface area contributed by atoms with E-state index in [-0.39, 0.29) is 6.04 Å². The summed E-state index contributed by atoms with van der Waals surface area (Å²) in [5, 5.41) is 21.5. The van der Waals surface area contributed by atoms with E-state index in [1.165, 1.54) is 0 Å². The summed E-state index contributed by atoms with van der Waals surface area (Å²) in [6.45, 7) is 1.87. The van der Waals surface area contributed by atoms with Gasteiger partial charge in [-0.3, -0.25) is 9.48 Å². The van der Waals surface area contributed by atoms with Gasteiger partial charge in [-0.15, -0.1) is 0 Å². The fourth-order valence-electron chi connectivity index (χ4n) is 1.58. The number of nitrogens with one attached hydrogen (secondary N) is 2. The summed E-state index contributed by atoms with van der Waals surface area (Å²) in [6.07, 6.45) is 2.77. The van der Waals surface area contributed by atoms with Crippen molar-refractivity contribution in [1.29, 1.82) is 0 Å². The highest BCUT2D eigenvalue weighted by Crippen LogP contribution is 2.17. The number of amidine groups is 1. The molecule has 94 valence electrons. The Hall–Kier alpha value is -2.05. The van der Waals surface area contributed by atoms with E-state index in [1.807, 2.05) is 6.92 Å². The minimum atomic E-state index is -0.131. The monoisotopic (exact) mass is 239 g/mol. The van der Waals surface area contributed by atoms with Crippen LogP contribution >= 0.6 is 0 Å². The van der Waals surface area contributed by atoms with Gasteiger partial charge in [0.15, 0.2) is 0 Å². The number of aromatic nitrogens is 2. The Morgan fingerprint density at radius 3 is 3.00 bits per heavy atom. The zero-order valence-electron chi connectivity index (χ0n) is 10.1. The summed E-state index contributed by atoms with van der Waals surface area (Å²) >= 11 is 0. The number of carbonyl (C=O) groups is 1. The van der Waals surface area contributed by atoms with Gasteiger partial charge in [-0.1, -0.05) is 5.16 Å². The van der Waals surface area contributed by atoms with Crippen molar-refractivity contribution >= 4 is 12.2 Å². The predicted octanol–water partition coefficient (Wildman–Crippen LogP) is -0.223. The van der Waals surface area contributed by atoms with Crippen molar-refractivity contribution in [3.05, 3.63) is 17.5 Å². The van der Waals surface area contributed by atoms with Crippen LogP contribution in [0.4, 0.5) is 0 Å². The number of nitrogens with zero attached hydrogens (tertiary/aromatic N) is 3. The topological polar surface area (TPSA) is 91.5 Å². The predicted molar refractivity (Wildman–Crippen MR) is 62.8 cm³/mol. The number of hydrogen-bond donors (Lipinski definition) is 3. The molecule has 1 aromatic rings. The molecule has 17 heavy (non-hydrogen) atoms. The van der Waals surface area contributed by atoms with Gasteiger partial charge in [0.1, 0.15) is 5.84 Å². The summed E-state index contributed by atoms with van der Waals surface area (Å²) in [5.74, 6) is 0.438. The third kappa shape index (κ3) is 2.96. The zero-order chi connectivity index (χ0) is 12.8. The first-order valence-corrected chi connectivity index (χ1v) is 5.23. The third-order valence-electron chi connectivity index (χ3n) is 2.62. The molecule has 0 aliphatic heterocycles. The van der Waals surface area contributed by atoms with Gasteiger partial charge in [-0.2, -0.15) is 5.10 Å². The number of amides is 1. The lowest BCUT2D eigenvalue weighted by Gasteiger charge is -2.12. The van der Waals surface area contributed by atoms with E-state index < -0.39 is 0 Å². The minimum Gasteiger partial charge on any atom is -0.409 e. The standard InChI is InChI=1S/C10H17N5O2/c1-7(12-6-16)8-5-13-15(3)9(8)4-10(11-2)14-17/h5-7,17H,4H2,1-3H3,(H,11,14)(H,12,16). The molecule has 0 saturated heterocycles. The molecule has 0 aliphatic carbocycles. The highest BCUT2D eigenvalue weighted by Gasteiger charge is 2.16. The van der Waals surface area contributed by atoms with Crippen molar-refractivity contribution in [1.82, 2.24) is 20.4 Å². The molecule has 0 bridgehead atoms. The molecule has 0 aromatic carbocycles. The first-order valence-electron chi connectivity index (χ1n) is 5.23. The molecular formula is C10H17N5O2. The number of aryl methyl sites for hydroxylation is 1. The Morgan fingerprint density at radius 2 is 2.47 bits per heavy atom. The highest BCUT2D eigenvalue weighted by molar-refractivity contribution is 5.83. The summed E-state index contributed by atoms with van der Waals surface area (Å²) in [6, 6.07) is -0.131. The maximum atomic E-state index is 10.4. The van der Waals surface area contributed by atoms with E-state index >= 15 is 0 Å². The van der Waals surface area contributed by atoms with Crippen molar-refractivity contribution in [2.45, 2.75) is 19.4 Å². The Morgan fingerprint density at radius 1 is 1.76 bits per heavy atom. The van der Waals surface area contributed by atoms with Crippen molar-refractivity contribution < 1.29 is 10.0 Å². The number of hydrogen-bond acceptors (Lipinski definition) is 4. The van der Waals surface area contributed by atoms with Crippen molar-refractivity contribution in [3.63, 3.8) is 0 Å². The quantitative estimate of drug-likeness (QED) is 0.218. The van der Waals surface area contributed by atoms with Crippen LogP contribution in [0.25, 0.3) is 0 Å². The average Bonchev–Trinajstić information content (AvgIpc) is 2.68. The molecule has 1 rings (SSSR count). The lowest BCUT2D eigenvalue weighted by molar-refractivity contribution is -0.110. The number of oxime groups is 1. The fourth-order valence-corrected chi connectivity index (χ4v) is 1.58. The van der Waals surface area contributed by atoms with Gasteiger partial charge in [0.2, 0.25) is 6.41 Å². The average molecular weight is 239 g/mol. The molecule has 1 unspecified atom stereocenters. The zero-order valence-corrected chi connectivity index (χ0v) is 10.1. The van der Waals surface area contributed by atoms with Gasteiger partial charge in [0, 0.05) is 19.7 Å². The maximum Gasteiger partial charge on any atom is 0.207 e. The van der Waals surface area contributed by atoms with Gasteiger partial charge in [0.25, 0.3) is 0 Å². The lowest BCUT2D eigenvalue weighted by Crippen LogP contribution is -2.24. The van der Waals surface area contributed by atoms with Crippen LogP contribution in [0.3, 0.4) is 0 Å². The molecule has 0 spiro atoms. The van der Waals surface area contributed by atoms with Gasteiger partial charge in [-0.05, 0) is 6.92 Å². The largest absolute Gasteiger partial charge is 0.409 e. The molecule has 0 aliphatic rings. The van der Waals surface area contributed by atoms with Gasteiger partial charge >= 0.3 is 0 Å². The van der Waals surface area contributed by atoms with Crippen LogP contribution < -0.4 is 10.6 Å². The van der Waals surface area contributed by atoms with Crippen LogP contribution in [0.5, 0.6) is 0 Å². The normalized spacial score (nSPS) is 13.2. The van der Waals surface area contributed by atoms with Crippen LogP contribution in [0, 0.1) is 0 Å². The van der Waals surface area contributed by atoms with E-state index in [2.05, 4.69) is 20.9 Å². The van der Waals surface area contributed by atoms with Gasteiger partial charge in [0.05, 0.1) is 24.4 Å². The van der Waals surface area contributed by atoms with E-state index in [9.17, 15) is 4.79 Å². The highest BCUT2D eigenvalue weighted by atomic mass is 16.4. The van der Waals surface area contributed by atoms with Crippen LogP contribution in [-0.4, -0.2) is 34.3 Å². The van der Waals surface area contributed by atoms with Crippen molar-refractivity contribution in [2.24, 2.45) is 12.2 Å². The number of likely N-dealkylation sites (N-methyl/N-ethyl adjacent to an activating group) is 1. The molecule has 1 atom stereocenters. The molecule has 3 N–H and O–H groups in total. The Labute approximate surface area is 99.5 Å². The van der Waals surface area contributed by atoms with E-state index in [4.69, 9.17) is 5.21 Å². The summed E-state index contributed by atoms with van der Waals surface area (Å²) < 4.78 is 1.70. The summed E-state index contributed by atoms with van der Waals surface area (Å²) in [7, 11) is 3.48. The Kier molecular flexibility index (Phi) is 4.50. The second kappa shape index (κ2) is 5.88. The van der Waals surface area contributed by atoms with Gasteiger partial charge in [-0.25, -0.2) is 0 Å². The SMILES string of the molecule is CN/C(Cc1c(C(C)NC=O)cnn1C)=N\O. The first kappa shape index (κ1) is 13.0. The molecule has 1 heterocycles. The van der Waals surface area contributed by atoms with Crippen LogP contribution in [0.1, 0.15) is 24.2 Å². The lowest BCUT2D eigenvalue weighted by atomic mass is 10.1. The molecular weight excluding hydrogens is 222 g/mol. The van der Waals surface area contributed by atoms with E-state index in [1.54, 1.807) is 25.0 Å². The van der Waals surface area contributed by atoms with E-state index in [0.29, 0.717) is 18.7 Å². The smallest absolute Gasteiger partial charge is 0.207 e. The first-order chi connectivity index (χ1) is 8.13. The van der Waals surface area contributed by atoms with Crippen LogP contribution in [-0.2, 0) is 18.3 Å². The summed E-state index contributed by atoms with van der Waals surface area (Å²) in [5.41, 5.74) is 1.78. The number of carbonyl (C=O) groups excluding carboxylic acids is 1. The Bertz CT molecular complexity index is 413. The second-order valence-electron chi connectivity index (χ2n) is 3.65. The second-order valence-corrected chi connectivity index (χ2v) is 3.65. The van der Waals surface area contributed by atoms with Crippen molar-refractivity contribution in [3.8, 4) is 0 Å². The van der Waals surface area contributed by atoms with Gasteiger partial charge < -0.3 is 15.8 Å². The molecule has 0 fully saturated rings. The maximum absolute atomic E-state index is 10.4.